The Labute approximate surface area is 132 Å². The van der Waals surface area contributed by atoms with Crippen molar-refractivity contribution in [3.63, 3.8) is 0 Å². The van der Waals surface area contributed by atoms with Gasteiger partial charge in [-0.1, -0.05) is 66.7 Å². The topological polar surface area (TPSA) is 32.5 Å². The van der Waals surface area contributed by atoms with Gasteiger partial charge in [-0.15, -0.1) is 6.58 Å². The summed E-state index contributed by atoms with van der Waals surface area (Å²) in [6.07, 6.45) is 2.07. The molecule has 0 bridgehead atoms. The summed E-state index contributed by atoms with van der Waals surface area (Å²) in [6, 6.07) is 21.2. The number of hydrazine groups is 1. The highest BCUT2D eigenvalue weighted by atomic mass is 15.4. The first kappa shape index (κ1) is 15.0. The van der Waals surface area contributed by atoms with Crippen LogP contribution < -0.4 is 5.84 Å². The number of nitrogens with zero attached hydrogens (tertiary/aromatic N) is 2. The number of nitrogens with two attached hydrogens (primary N) is 1. The van der Waals surface area contributed by atoms with Crippen molar-refractivity contribution in [1.82, 2.24) is 9.91 Å². The Morgan fingerprint density at radius 1 is 0.818 bits per heavy atom. The molecule has 0 atom stereocenters. The highest BCUT2D eigenvalue weighted by Crippen LogP contribution is 2.37. The van der Waals surface area contributed by atoms with Gasteiger partial charge in [-0.25, -0.2) is 5.01 Å². The maximum atomic E-state index is 5.94. The van der Waals surface area contributed by atoms with Gasteiger partial charge in [-0.05, 0) is 11.1 Å². The van der Waals surface area contributed by atoms with E-state index in [1.165, 1.54) is 11.1 Å². The Bertz CT molecular complexity index is 562. The molecule has 3 rings (SSSR count). The van der Waals surface area contributed by atoms with Crippen LogP contribution in [0.25, 0.3) is 0 Å². The maximum absolute atomic E-state index is 5.94. The third kappa shape index (κ3) is 2.59. The third-order valence-electron chi connectivity index (χ3n) is 4.54. The van der Waals surface area contributed by atoms with Gasteiger partial charge in [0.05, 0.1) is 5.54 Å². The summed E-state index contributed by atoms with van der Waals surface area (Å²) < 4.78 is 0. The van der Waals surface area contributed by atoms with Gasteiger partial charge >= 0.3 is 0 Å². The first-order chi connectivity index (χ1) is 10.8. The minimum atomic E-state index is -0.302. The molecule has 0 amide bonds. The van der Waals surface area contributed by atoms with Crippen LogP contribution in [0, 0.1) is 0 Å². The second kappa shape index (κ2) is 6.44. The summed E-state index contributed by atoms with van der Waals surface area (Å²) >= 11 is 0. The molecular formula is C19H23N3. The van der Waals surface area contributed by atoms with Crippen LogP contribution in [0.2, 0.25) is 0 Å². The van der Waals surface area contributed by atoms with Gasteiger partial charge in [-0.2, -0.15) is 0 Å². The van der Waals surface area contributed by atoms with Crippen molar-refractivity contribution in [1.29, 1.82) is 0 Å². The number of rotatable bonds is 4. The van der Waals surface area contributed by atoms with E-state index in [4.69, 9.17) is 5.84 Å². The van der Waals surface area contributed by atoms with Crippen molar-refractivity contribution in [2.45, 2.75) is 5.54 Å². The highest BCUT2D eigenvalue weighted by Gasteiger charge is 2.38. The number of hydrogen-bond donors (Lipinski definition) is 1. The predicted octanol–water partition coefficient (Wildman–Crippen LogP) is 2.61. The molecule has 0 aromatic heterocycles. The lowest BCUT2D eigenvalue weighted by atomic mass is 9.80. The van der Waals surface area contributed by atoms with E-state index in [1.54, 1.807) is 0 Å². The van der Waals surface area contributed by atoms with Crippen LogP contribution in [0.1, 0.15) is 11.1 Å². The molecule has 0 spiro atoms. The Morgan fingerprint density at radius 3 is 1.68 bits per heavy atom. The quantitative estimate of drug-likeness (QED) is 0.695. The average Bonchev–Trinajstić information content (AvgIpc) is 2.59. The van der Waals surface area contributed by atoms with E-state index < -0.39 is 0 Å². The van der Waals surface area contributed by atoms with Gasteiger partial charge in [-0.3, -0.25) is 10.7 Å². The fourth-order valence-electron chi connectivity index (χ4n) is 3.36. The molecule has 0 unspecified atom stereocenters. The summed E-state index contributed by atoms with van der Waals surface area (Å²) in [7, 11) is 0. The van der Waals surface area contributed by atoms with Crippen molar-refractivity contribution in [3.8, 4) is 0 Å². The summed E-state index contributed by atoms with van der Waals surface area (Å²) in [5.41, 5.74) is 2.20. The second-order valence-corrected chi connectivity index (χ2v) is 5.73. The Balaban J connectivity index is 2.11. The number of benzene rings is 2. The Kier molecular flexibility index (Phi) is 4.39. The highest BCUT2D eigenvalue weighted by molar-refractivity contribution is 5.43. The van der Waals surface area contributed by atoms with Gasteiger partial charge in [0, 0.05) is 26.2 Å². The SMILES string of the molecule is C=CC(c1ccccc1)(c1ccccc1)N1CCN(N)CC1. The predicted molar refractivity (Wildman–Crippen MR) is 91.2 cm³/mol. The number of hydrogen-bond acceptors (Lipinski definition) is 3. The fraction of sp³-hybridized carbons (Fsp3) is 0.263. The zero-order valence-electron chi connectivity index (χ0n) is 12.9. The minimum Gasteiger partial charge on any atom is -0.284 e. The van der Waals surface area contributed by atoms with Gasteiger partial charge in [0.2, 0.25) is 0 Å². The van der Waals surface area contributed by atoms with Gasteiger partial charge in [0.25, 0.3) is 0 Å². The van der Waals surface area contributed by atoms with Crippen molar-refractivity contribution in [2.75, 3.05) is 26.2 Å². The van der Waals surface area contributed by atoms with E-state index in [0.717, 1.165) is 26.2 Å². The van der Waals surface area contributed by atoms with Crippen LogP contribution in [0.5, 0.6) is 0 Å². The van der Waals surface area contributed by atoms with Gasteiger partial charge < -0.3 is 0 Å². The Morgan fingerprint density at radius 2 is 1.27 bits per heavy atom. The molecular weight excluding hydrogens is 270 g/mol. The minimum absolute atomic E-state index is 0.302. The lowest BCUT2D eigenvalue weighted by Crippen LogP contribution is -2.56. The molecule has 22 heavy (non-hydrogen) atoms. The molecule has 2 N–H and O–H groups in total. The summed E-state index contributed by atoms with van der Waals surface area (Å²) in [6.45, 7) is 7.78. The molecule has 0 radical (unpaired) electrons. The summed E-state index contributed by atoms with van der Waals surface area (Å²) in [5.74, 6) is 5.94. The van der Waals surface area contributed by atoms with E-state index in [0.29, 0.717) is 0 Å². The molecule has 2 aromatic rings. The van der Waals surface area contributed by atoms with Crippen LogP contribution in [-0.4, -0.2) is 36.1 Å². The van der Waals surface area contributed by atoms with Gasteiger partial charge in [0.15, 0.2) is 0 Å². The van der Waals surface area contributed by atoms with Crippen molar-refractivity contribution >= 4 is 0 Å². The van der Waals surface area contributed by atoms with E-state index in [-0.39, 0.29) is 5.54 Å². The Hall–Kier alpha value is -1.94. The molecule has 3 heteroatoms. The van der Waals surface area contributed by atoms with Crippen molar-refractivity contribution < 1.29 is 0 Å². The maximum Gasteiger partial charge on any atom is 0.0901 e. The van der Waals surface area contributed by atoms with Crippen molar-refractivity contribution in [2.24, 2.45) is 5.84 Å². The average molecular weight is 293 g/mol. The van der Waals surface area contributed by atoms with Crippen LogP contribution >= 0.6 is 0 Å². The molecule has 1 aliphatic rings. The lowest BCUT2D eigenvalue weighted by Gasteiger charge is -2.46. The van der Waals surface area contributed by atoms with E-state index in [9.17, 15) is 0 Å². The standard InChI is InChI=1S/C19H23N3/c1-2-19(17-9-5-3-6-10-17,18-11-7-4-8-12-18)21-13-15-22(20)16-14-21/h2-12H,1,13-16,20H2. The largest absolute Gasteiger partial charge is 0.284 e. The van der Waals surface area contributed by atoms with Crippen LogP contribution in [0.15, 0.2) is 73.3 Å². The normalized spacial score (nSPS) is 17.3. The first-order valence-corrected chi connectivity index (χ1v) is 7.77. The zero-order valence-corrected chi connectivity index (χ0v) is 12.9. The second-order valence-electron chi connectivity index (χ2n) is 5.73. The van der Waals surface area contributed by atoms with Crippen LogP contribution in [-0.2, 0) is 5.54 Å². The van der Waals surface area contributed by atoms with Crippen LogP contribution in [0.3, 0.4) is 0 Å². The zero-order chi connectivity index (χ0) is 15.4. The molecule has 3 nitrogen and oxygen atoms in total. The molecule has 2 aromatic carbocycles. The van der Waals surface area contributed by atoms with E-state index in [1.807, 2.05) is 5.01 Å². The molecule has 1 aliphatic heterocycles. The van der Waals surface area contributed by atoms with E-state index >= 15 is 0 Å². The third-order valence-corrected chi connectivity index (χ3v) is 4.54. The smallest absolute Gasteiger partial charge is 0.0901 e. The van der Waals surface area contributed by atoms with Crippen LogP contribution in [0.4, 0.5) is 0 Å². The monoisotopic (exact) mass is 293 g/mol. The van der Waals surface area contributed by atoms with Gasteiger partial charge in [0.1, 0.15) is 0 Å². The van der Waals surface area contributed by atoms with Crippen molar-refractivity contribution in [3.05, 3.63) is 84.4 Å². The molecule has 0 saturated carbocycles. The number of piperazine rings is 1. The lowest BCUT2D eigenvalue weighted by molar-refractivity contribution is 0.0772. The fourth-order valence-corrected chi connectivity index (χ4v) is 3.36. The first-order valence-electron chi connectivity index (χ1n) is 7.77. The molecule has 1 saturated heterocycles. The molecule has 1 heterocycles. The summed E-state index contributed by atoms with van der Waals surface area (Å²) in [5, 5.41) is 1.89. The molecule has 114 valence electrons. The van der Waals surface area contributed by atoms with E-state index in [2.05, 4.69) is 78.2 Å². The molecule has 1 fully saturated rings. The summed E-state index contributed by atoms with van der Waals surface area (Å²) in [4.78, 5) is 2.48. The molecule has 0 aliphatic carbocycles.